The van der Waals surface area contributed by atoms with Crippen molar-refractivity contribution in [2.45, 2.75) is 52.2 Å². The third-order valence-corrected chi connectivity index (χ3v) is 3.88. The summed E-state index contributed by atoms with van der Waals surface area (Å²) in [5, 5.41) is 12.2. The Morgan fingerprint density at radius 1 is 1.44 bits per heavy atom. The molecule has 0 fully saturated rings. The molecule has 6 nitrogen and oxygen atoms in total. The second-order valence-electron chi connectivity index (χ2n) is 7.35. The molecule has 0 bridgehead atoms. The van der Waals surface area contributed by atoms with Gasteiger partial charge < -0.3 is 19.6 Å². The van der Waals surface area contributed by atoms with Crippen LogP contribution in [0.15, 0.2) is 12.1 Å². The number of rotatable bonds is 5. The van der Waals surface area contributed by atoms with Crippen LogP contribution in [-0.4, -0.2) is 30.6 Å². The van der Waals surface area contributed by atoms with Crippen LogP contribution in [0.25, 0.3) is 0 Å². The standard InChI is InChI=1S/C19H24N2O4/c1-12(21-18(23)25-19(2,3)4)11-24-17-6-5-14-7-13(10-22)8-15(14)16(17)9-20/h5-6,10,12-13H,7-8,11H2,1-4H3,(H,21,23). The van der Waals surface area contributed by atoms with E-state index in [0.717, 1.165) is 17.4 Å². The lowest BCUT2D eigenvalue weighted by molar-refractivity contribution is -0.110. The predicted molar refractivity (Wildman–Crippen MR) is 92.4 cm³/mol. The number of aldehydes is 1. The molecule has 2 rings (SSSR count). The van der Waals surface area contributed by atoms with Gasteiger partial charge in [-0.3, -0.25) is 0 Å². The van der Waals surface area contributed by atoms with Crippen LogP contribution in [0.1, 0.15) is 44.4 Å². The zero-order chi connectivity index (χ0) is 18.6. The third-order valence-electron chi connectivity index (χ3n) is 3.88. The molecular formula is C19H24N2O4. The Morgan fingerprint density at radius 3 is 2.76 bits per heavy atom. The number of carbonyl (C=O) groups excluding carboxylic acids is 2. The number of benzene rings is 1. The summed E-state index contributed by atoms with van der Waals surface area (Å²) in [6.45, 7) is 7.40. The minimum absolute atomic E-state index is 0.0647. The molecule has 1 N–H and O–H groups in total. The Bertz CT molecular complexity index is 701. The summed E-state index contributed by atoms with van der Waals surface area (Å²) in [4.78, 5) is 22.8. The van der Waals surface area contributed by atoms with E-state index in [2.05, 4.69) is 11.4 Å². The SMILES string of the molecule is CC(COc1ccc2c(c1C#N)CC(C=O)C2)NC(=O)OC(C)(C)C. The number of alkyl carbamates (subject to hydrolysis) is 1. The van der Waals surface area contributed by atoms with Crippen molar-refractivity contribution in [2.75, 3.05) is 6.61 Å². The number of nitriles is 1. The summed E-state index contributed by atoms with van der Waals surface area (Å²) in [6.07, 6.45) is 1.68. The molecule has 0 heterocycles. The highest BCUT2D eigenvalue weighted by molar-refractivity contribution is 5.68. The van der Waals surface area contributed by atoms with Crippen molar-refractivity contribution >= 4 is 12.4 Å². The molecule has 1 aliphatic carbocycles. The van der Waals surface area contributed by atoms with Crippen LogP contribution in [0.4, 0.5) is 4.79 Å². The second-order valence-corrected chi connectivity index (χ2v) is 7.35. The molecule has 134 valence electrons. The normalized spacial score (nSPS) is 17.2. The van der Waals surface area contributed by atoms with Crippen molar-refractivity contribution < 1.29 is 19.1 Å². The molecule has 6 heteroatoms. The molecule has 0 radical (unpaired) electrons. The van der Waals surface area contributed by atoms with E-state index in [-0.39, 0.29) is 18.6 Å². The number of nitrogens with zero attached hydrogens (tertiary/aromatic N) is 1. The molecule has 0 aromatic heterocycles. The van der Waals surface area contributed by atoms with Crippen LogP contribution >= 0.6 is 0 Å². The molecule has 2 atom stereocenters. The van der Waals surface area contributed by atoms with E-state index < -0.39 is 11.7 Å². The average molecular weight is 344 g/mol. The molecule has 0 aliphatic heterocycles. The van der Waals surface area contributed by atoms with Crippen LogP contribution < -0.4 is 10.1 Å². The lowest BCUT2D eigenvalue weighted by atomic mass is 10.0. The first-order chi connectivity index (χ1) is 11.7. The maximum atomic E-state index is 11.8. The Labute approximate surface area is 148 Å². The van der Waals surface area contributed by atoms with Gasteiger partial charge in [0.1, 0.15) is 30.3 Å². The molecule has 1 amide bonds. The van der Waals surface area contributed by atoms with Crippen molar-refractivity contribution in [3.05, 3.63) is 28.8 Å². The Morgan fingerprint density at radius 2 is 2.16 bits per heavy atom. The number of amides is 1. The average Bonchev–Trinajstić information content (AvgIpc) is 2.93. The largest absolute Gasteiger partial charge is 0.490 e. The fourth-order valence-corrected chi connectivity index (χ4v) is 2.81. The summed E-state index contributed by atoms with van der Waals surface area (Å²) < 4.78 is 10.9. The monoisotopic (exact) mass is 344 g/mol. The maximum absolute atomic E-state index is 11.8. The molecule has 0 spiro atoms. The van der Waals surface area contributed by atoms with Crippen molar-refractivity contribution in [3.8, 4) is 11.8 Å². The second kappa shape index (κ2) is 7.56. The Kier molecular flexibility index (Phi) is 5.68. The number of carbonyl (C=O) groups is 2. The molecular weight excluding hydrogens is 320 g/mol. The zero-order valence-electron chi connectivity index (χ0n) is 15.1. The van der Waals surface area contributed by atoms with E-state index in [9.17, 15) is 14.9 Å². The van der Waals surface area contributed by atoms with Gasteiger partial charge in [0.25, 0.3) is 0 Å². The lowest BCUT2D eigenvalue weighted by Gasteiger charge is -2.22. The van der Waals surface area contributed by atoms with Crippen LogP contribution in [0.3, 0.4) is 0 Å². The van der Waals surface area contributed by atoms with E-state index in [1.807, 2.05) is 6.07 Å². The first-order valence-electron chi connectivity index (χ1n) is 8.36. The van der Waals surface area contributed by atoms with E-state index in [1.54, 1.807) is 33.8 Å². The summed E-state index contributed by atoms with van der Waals surface area (Å²) in [6, 6.07) is 5.56. The van der Waals surface area contributed by atoms with Crippen molar-refractivity contribution in [1.29, 1.82) is 5.26 Å². The molecule has 0 saturated carbocycles. The number of hydrogen-bond donors (Lipinski definition) is 1. The minimum atomic E-state index is -0.562. The highest BCUT2D eigenvalue weighted by atomic mass is 16.6. The van der Waals surface area contributed by atoms with Gasteiger partial charge in [0.05, 0.1) is 11.6 Å². The quantitative estimate of drug-likeness (QED) is 0.830. The smallest absolute Gasteiger partial charge is 0.407 e. The van der Waals surface area contributed by atoms with Gasteiger partial charge in [0.15, 0.2) is 0 Å². The van der Waals surface area contributed by atoms with Crippen molar-refractivity contribution in [1.82, 2.24) is 5.32 Å². The fourth-order valence-electron chi connectivity index (χ4n) is 2.81. The van der Waals surface area contributed by atoms with Crippen LogP contribution in [-0.2, 0) is 22.4 Å². The highest BCUT2D eigenvalue weighted by Crippen LogP contribution is 2.33. The van der Waals surface area contributed by atoms with E-state index >= 15 is 0 Å². The molecule has 1 aromatic carbocycles. The third kappa shape index (κ3) is 4.96. The number of nitrogens with one attached hydrogen (secondary N) is 1. The highest BCUT2D eigenvalue weighted by Gasteiger charge is 2.26. The van der Waals surface area contributed by atoms with Gasteiger partial charge in [0, 0.05) is 5.92 Å². The van der Waals surface area contributed by atoms with Gasteiger partial charge >= 0.3 is 6.09 Å². The first-order valence-corrected chi connectivity index (χ1v) is 8.36. The fraction of sp³-hybridized carbons (Fsp3) is 0.526. The molecule has 25 heavy (non-hydrogen) atoms. The number of hydrogen-bond acceptors (Lipinski definition) is 5. The zero-order valence-corrected chi connectivity index (χ0v) is 15.1. The number of ether oxygens (including phenoxy) is 2. The van der Waals surface area contributed by atoms with Gasteiger partial charge in [-0.15, -0.1) is 0 Å². The number of fused-ring (bicyclic) bond motifs is 1. The van der Waals surface area contributed by atoms with E-state index in [1.165, 1.54) is 0 Å². The molecule has 1 aromatic rings. The van der Waals surface area contributed by atoms with Crippen LogP contribution in [0.2, 0.25) is 0 Å². The topological polar surface area (TPSA) is 88.4 Å². The van der Waals surface area contributed by atoms with Crippen LogP contribution in [0, 0.1) is 17.2 Å². The van der Waals surface area contributed by atoms with Gasteiger partial charge in [-0.1, -0.05) is 6.07 Å². The van der Waals surface area contributed by atoms with E-state index in [0.29, 0.717) is 24.2 Å². The van der Waals surface area contributed by atoms with Crippen molar-refractivity contribution in [3.63, 3.8) is 0 Å². The summed E-state index contributed by atoms with van der Waals surface area (Å²) >= 11 is 0. The summed E-state index contributed by atoms with van der Waals surface area (Å²) in [5.41, 5.74) is 1.84. The van der Waals surface area contributed by atoms with Crippen molar-refractivity contribution in [2.24, 2.45) is 5.92 Å². The van der Waals surface area contributed by atoms with E-state index in [4.69, 9.17) is 9.47 Å². The first kappa shape index (κ1) is 18.8. The summed E-state index contributed by atoms with van der Waals surface area (Å²) in [5.74, 6) is 0.413. The molecule has 2 unspecified atom stereocenters. The molecule has 0 saturated heterocycles. The maximum Gasteiger partial charge on any atom is 0.407 e. The minimum Gasteiger partial charge on any atom is -0.490 e. The van der Waals surface area contributed by atoms with Crippen LogP contribution in [0.5, 0.6) is 5.75 Å². The van der Waals surface area contributed by atoms with Gasteiger partial charge in [-0.2, -0.15) is 5.26 Å². The molecule has 1 aliphatic rings. The van der Waals surface area contributed by atoms with Gasteiger partial charge in [-0.05, 0) is 57.7 Å². The Balaban J connectivity index is 1.99. The Hall–Kier alpha value is -2.55. The van der Waals surface area contributed by atoms with Gasteiger partial charge in [0.2, 0.25) is 0 Å². The van der Waals surface area contributed by atoms with Gasteiger partial charge in [-0.25, -0.2) is 4.79 Å². The summed E-state index contributed by atoms with van der Waals surface area (Å²) in [7, 11) is 0. The lowest BCUT2D eigenvalue weighted by Crippen LogP contribution is -2.40. The predicted octanol–water partition coefficient (Wildman–Crippen LogP) is 2.76.